The highest BCUT2D eigenvalue weighted by molar-refractivity contribution is 5.90. The molecule has 0 radical (unpaired) electrons. The largest absolute Gasteiger partial charge is 0.425 e. The van der Waals surface area contributed by atoms with E-state index in [1.54, 1.807) is 13.8 Å². The van der Waals surface area contributed by atoms with E-state index in [1.165, 1.54) is 0 Å². The van der Waals surface area contributed by atoms with E-state index >= 15 is 0 Å². The second-order valence-corrected chi connectivity index (χ2v) is 5.69. The van der Waals surface area contributed by atoms with Crippen LogP contribution in [0.15, 0.2) is 12.1 Å². The quantitative estimate of drug-likeness (QED) is 0.609. The molecule has 1 fully saturated rings. The molecule has 0 amide bonds. The summed E-state index contributed by atoms with van der Waals surface area (Å²) in [6, 6.07) is 1.37. The van der Waals surface area contributed by atoms with Crippen molar-refractivity contribution in [3.8, 4) is 5.75 Å². The monoisotopic (exact) mass is 327 g/mol. The first kappa shape index (κ1) is 15.7. The number of aromatic nitrogens is 1. The number of pyridine rings is 1. The highest BCUT2D eigenvalue weighted by Crippen LogP contribution is 2.38. The van der Waals surface area contributed by atoms with Crippen LogP contribution < -0.4 is 4.74 Å². The first-order valence-electron chi connectivity index (χ1n) is 7.08. The first-order chi connectivity index (χ1) is 10.7. The summed E-state index contributed by atoms with van der Waals surface area (Å²) in [5, 5.41) is 0.0626. The third kappa shape index (κ3) is 2.87. The van der Waals surface area contributed by atoms with Gasteiger partial charge in [0.25, 0.3) is 0 Å². The van der Waals surface area contributed by atoms with Crippen molar-refractivity contribution in [1.29, 1.82) is 0 Å². The number of carbonyl (C=O) groups excluding carboxylic acids is 1. The smallest absolute Gasteiger partial charge is 0.419 e. The number of hydrogen-bond donors (Lipinski definition) is 0. The van der Waals surface area contributed by atoms with Crippen molar-refractivity contribution in [1.82, 2.24) is 4.98 Å². The normalized spacial score (nSPS) is 15.0. The molecule has 0 atom stereocenters. The Hall–Kier alpha value is -2.18. The van der Waals surface area contributed by atoms with Crippen LogP contribution in [0.1, 0.15) is 29.7 Å². The number of benzene rings is 1. The number of halogens is 4. The Labute approximate surface area is 129 Å². The van der Waals surface area contributed by atoms with Crippen LogP contribution in [0.4, 0.5) is 17.6 Å². The molecular weight excluding hydrogens is 314 g/mol. The Morgan fingerprint density at radius 3 is 2.48 bits per heavy atom. The molecule has 1 aliphatic carbocycles. The fourth-order valence-electron chi connectivity index (χ4n) is 2.32. The van der Waals surface area contributed by atoms with Crippen molar-refractivity contribution in [3.05, 3.63) is 34.8 Å². The SMILES string of the molecule is Cc1nc2cc(C(F)(F)F)c(F)cc2c(OC(=O)C2CC2)c1C. The van der Waals surface area contributed by atoms with Gasteiger partial charge in [0.05, 0.1) is 17.0 Å². The Bertz CT molecular complexity index is 810. The Morgan fingerprint density at radius 2 is 1.91 bits per heavy atom. The number of fused-ring (bicyclic) bond motifs is 1. The van der Waals surface area contributed by atoms with Crippen molar-refractivity contribution >= 4 is 16.9 Å². The number of nitrogens with zero attached hydrogens (tertiary/aromatic N) is 1. The molecule has 1 aromatic heterocycles. The van der Waals surface area contributed by atoms with E-state index in [9.17, 15) is 22.4 Å². The molecular formula is C16H13F4NO2. The van der Waals surface area contributed by atoms with Crippen molar-refractivity contribution < 1.29 is 27.1 Å². The molecule has 3 nitrogen and oxygen atoms in total. The molecule has 1 aliphatic rings. The topological polar surface area (TPSA) is 39.2 Å². The number of aryl methyl sites for hydroxylation is 1. The maximum absolute atomic E-state index is 13.8. The number of ether oxygens (including phenoxy) is 1. The van der Waals surface area contributed by atoms with E-state index in [2.05, 4.69) is 4.98 Å². The number of hydrogen-bond acceptors (Lipinski definition) is 3. The maximum Gasteiger partial charge on any atom is 0.419 e. The van der Waals surface area contributed by atoms with Gasteiger partial charge in [0.1, 0.15) is 11.6 Å². The van der Waals surface area contributed by atoms with Crippen molar-refractivity contribution in [3.63, 3.8) is 0 Å². The van der Waals surface area contributed by atoms with Crippen LogP contribution in [0.5, 0.6) is 5.75 Å². The summed E-state index contributed by atoms with van der Waals surface area (Å²) < 4.78 is 57.6. The molecule has 3 rings (SSSR count). The van der Waals surface area contributed by atoms with Crippen LogP contribution in [0.2, 0.25) is 0 Å². The highest BCUT2D eigenvalue weighted by Gasteiger charge is 2.36. The van der Waals surface area contributed by atoms with Crippen LogP contribution in [0, 0.1) is 25.6 Å². The van der Waals surface area contributed by atoms with Crippen LogP contribution in [0.25, 0.3) is 10.9 Å². The summed E-state index contributed by atoms with van der Waals surface area (Å²) in [4.78, 5) is 15.9. The van der Waals surface area contributed by atoms with Crippen LogP contribution in [0.3, 0.4) is 0 Å². The van der Waals surface area contributed by atoms with Gasteiger partial charge in [0.2, 0.25) is 0 Å². The zero-order valence-corrected chi connectivity index (χ0v) is 12.4. The molecule has 0 N–H and O–H groups in total. The average molecular weight is 327 g/mol. The molecule has 0 aliphatic heterocycles. The Morgan fingerprint density at radius 1 is 1.26 bits per heavy atom. The summed E-state index contributed by atoms with van der Waals surface area (Å²) in [6.45, 7) is 3.23. The lowest BCUT2D eigenvalue weighted by molar-refractivity contribution is -0.140. The minimum absolute atomic E-state index is 0.0552. The summed E-state index contributed by atoms with van der Waals surface area (Å²) in [5.41, 5.74) is -0.512. The molecule has 1 heterocycles. The molecule has 23 heavy (non-hydrogen) atoms. The van der Waals surface area contributed by atoms with Gasteiger partial charge in [-0.25, -0.2) is 4.39 Å². The third-order valence-electron chi connectivity index (χ3n) is 3.92. The average Bonchev–Trinajstić information content (AvgIpc) is 3.27. The lowest BCUT2D eigenvalue weighted by Gasteiger charge is -2.15. The van der Waals surface area contributed by atoms with Crippen LogP contribution in [-0.2, 0) is 11.0 Å². The van der Waals surface area contributed by atoms with E-state index in [-0.39, 0.29) is 22.6 Å². The molecule has 7 heteroatoms. The summed E-state index contributed by atoms with van der Waals surface area (Å²) in [7, 11) is 0. The minimum atomic E-state index is -4.82. The van der Waals surface area contributed by atoms with Gasteiger partial charge < -0.3 is 4.74 Å². The Kier molecular flexibility index (Phi) is 3.54. The van der Waals surface area contributed by atoms with E-state index in [0.29, 0.717) is 17.3 Å². The zero-order chi connectivity index (χ0) is 16.9. The molecule has 0 spiro atoms. The number of alkyl halides is 3. The van der Waals surface area contributed by atoms with E-state index in [4.69, 9.17) is 4.74 Å². The van der Waals surface area contributed by atoms with Crippen molar-refractivity contribution in [2.45, 2.75) is 32.9 Å². The number of carbonyl (C=O) groups is 1. The van der Waals surface area contributed by atoms with Crippen LogP contribution >= 0.6 is 0 Å². The summed E-state index contributed by atoms with van der Waals surface area (Å²) in [5.74, 6) is -1.96. The second-order valence-electron chi connectivity index (χ2n) is 5.69. The number of rotatable bonds is 2. The van der Waals surface area contributed by atoms with Gasteiger partial charge in [-0.1, -0.05) is 0 Å². The first-order valence-corrected chi connectivity index (χ1v) is 7.08. The second kappa shape index (κ2) is 5.18. The van der Waals surface area contributed by atoms with Crippen molar-refractivity contribution in [2.75, 3.05) is 0 Å². The van der Waals surface area contributed by atoms with Gasteiger partial charge >= 0.3 is 12.1 Å². The molecule has 0 unspecified atom stereocenters. The minimum Gasteiger partial charge on any atom is -0.425 e. The van der Waals surface area contributed by atoms with Gasteiger partial charge in [-0.2, -0.15) is 13.2 Å². The van der Waals surface area contributed by atoms with Gasteiger partial charge in [0, 0.05) is 16.6 Å². The van der Waals surface area contributed by atoms with Gasteiger partial charge in [-0.15, -0.1) is 0 Å². The van der Waals surface area contributed by atoms with E-state index < -0.39 is 23.5 Å². The molecule has 1 saturated carbocycles. The third-order valence-corrected chi connectivity index (χ3v) is 3.92. The molecule has 122 valence electrons. The molecule has 0 bridgehead atoms. The molecule has 2 aromatic rings. The fourth-order valence-corrected chi connectivity index (χ4v) is 2.32. The Balaban J connectivity index is 2.19. The molecule has 0 saturated heterocycles. The standard InChI is InChI=1S/C16H13F4NO2/c1-7-8(2)21-13-6-11(16(18,19)20)12(17)5-10(13)14(7)23-15(22)9-3-4-9/h5-6,9H,3-4H2,1-2H3. The summed E-state index contributed by atoms with van der Waals surface area (Å²) >= 11 is 0. The predicted octanol–water partition coefficient (Wildman–Crippen LogP) is 4.32. The lowest BCUT2D eigenvalue weighted by atomic mass is 10.1. The predicted molar refractivity (Wildman–Crippen MR) is 74.5 cm³/mol. The van der Waals surface area contributed by atoms with Gasteiger partial charge in [-0.3, -0.25) is 9.78 Å². The fraction of sp³-hybridized carbons (Fsp3) is 0.375. The van der Waals surface area contributed by atoms with Gasteiger partial charge in [-0.05, 0) is 38.8 Å². The summed E-state index contributed by atoms with van der Waals surface area (Å²) in [6.07, 6.45) is -3.36. The lowest BCUT2D eigenvalue weighted by Crippen LogP contribution is -2.13. The highest BCUT2D eigenvalue weighted by atomic mass is 19.4. The zero-order valence-electron chi connectivity index (χ0n) is 12.4. The molecule has 1 aromatic carbocycles. The van der Waals surface area contributed by atoms with Crippen LogP contribution in [-0.4, -0.2) is 11.0 Å². The number of esters is 1. The van der Waals surface area contributed by atoms with E-state index in [1.807, 2.05) is 0 Å². The maximum atomic E-state index is 13.8. The van der Waals surface area contributed by atoms with Crippen molar-refractivity contribution in [2.24, 2.45) is 5.92 Å². The van der Waals surface area contributed by atoms with Gasteiger partial charge in [0.15, 0.2) is 0 Å². The van der Waals surface area contributed by atoms with E-state index in [0.717, 1.165) is 18.9 Å².